The van der Waals surface area contributed by atoms with Crippen LogP contribution in [0.15, 0.2) is 48.5 Å². The van der Waals surface area contributed by atoms with Crippen molar-refractivity contribution in [2.45, 2.75) is 25.9 Å². The summed E-state index contributed by atoms with van der Waals surface area (Å²) in [5, 5.41) is 0. The van der Waals surface area contributed by atoms with E-state index in [1.165, 1.54) is 17.0 Å². The number of rotatable bonds is 9. The van der Waals surface area contributed by atoms with Crippen LogP contribution >= 0.6 is 11.6 Å². The summed E-state index contributed by atoms with van der Waals surface area (Å²) in [5.41, 5.74) is 0.881. The second-order valence-electron chi connectivity index (χ2n) is 7.11. The number of ketones is 1. The monoisotopic (exact) mass is 447 g/mol. The van der Waals surface area contributed by atoms with Gasteiger partial charge in [0.15, 0.2) is 6.10 Å². The van der Waals surface area contributed by atoms with Gasteiger partial charge in [-0.05, 0) is 55.5 Å². The highest BCUT2D eigenvalue weighted by Gasteiger charge is 2.38. The summed E-state index contributed by atoms with van der Waals surface area (Å²) in [6, 6.07) is 12.0. The van der Waals surface area contributed by atoms with Crippen molar-refractivity contribution in [3.63, 3.8) is 0 Å². The van der Waals surface area contributed by atoms with Crippen molar-refractivity contribution < 1.29 is 28.2 Å². The minimum absolute atomic E-state index is 0.00955. The third-order valence-electron chi connectivity index (χ3n) is 4.97. The van der Waals surface area contributed by atoms with E-state index in [2.05, 4.69) is 0 Å². The highest BCUT2D eigenvalue weighted by Crippen LogP contribution is 2.28. The molecule has 0 radical (unpaired) electrons. The first-order chi connectivity index (χ1) is 14.9. The lowest BCUT2D eigenvalue weighted by Gasteiger charge is -2.19. The molecule has 0 N–H and O–H groups in total. The number of carbonyl (C=O) groups excluding carboxylic acids is 3. The number of nitrogens with zero attached hydrogens (tertiary/aromatic N) is 1. The van der Waals surface area contributed by atoms with Gasteiger partial charge in [0.05, 0.1) is 12.5 Å². The van der Waals surface area contributed by atoms with Gasteiger partial charge in [0.2, 0.25) is 11.7 Å². The summed E-state index contributed by atoms with van der Waals surface area (Å²) in [6.07, 6.45) is -0.984. The van der Waals surface area contributed by atoms with Crippen LogP contribution in [0.25, 0.3) is 0 Å². The maximum Gasteiger partial charge on any atom is 0.312 e. The second kappa shape index (κ2) is 10.4. The van der Waals surface area contributed by atoms with Crippen LogP contribution in [0.1, 0.15) is 30.1 Å². The van der Waals surface area contributed by atoms with Crippen molar-refractivity contribution in [1.29, 1.82) is 0 Å². The molecule has 3 rings (SSSR count). The molecule has 0 bridgehead atoms. The van der Waals surface area contributed by atoms with Crippen molar-refractivity contribution in [2.24, 2.45) is 5.92 Å². The number of hydrogen-bond donors (Lipinski definition) is 0. The number of Topliss-reactive ketones (excluding diaryl/α,β-unsaturated/α-hetero) is 1. The lowest BCUT2D eigenvalue weighted by atomic mass is 10.0. The fourth-order valence-corrected chi connectivity index (χ4v) is 3.58. The highest BCUT2D eigenvalue weighted by atomic mass is 35.5. The molecular weight excluding hydrogens is 425 g/mol. The topological polar surface area (TPSA) is 72.9 Å². The molecule has 2 aromatic rings. The lowest BCUT2D eigenvalue weighted by molar-refractivity contribution is -0.151. The van der Waals surface area contributed by atoms with E-state index in [1.54, 1.807) is 24.3 Å². The molecule has 2 atom stereocenters. The third kappa shape index (κ3) is 5.61. The third-order valence-corrected chi connectivity index (χ3v) is 5.19. The summed E-state index contributed by atoms with van der Waals surface area (Å²) in [7, 11) is 0. The molecule has 0 aromatic heterocycles. The average molecular weight is 448 g/mol. The fourth-order valence-electron chi connectivity index (χ4n) is 3.38. The Morgan fingerprint density at radius 1 is 1.16 bits per heavy atom. The van der Waals surface area contributed by atoms with Crippen LogP contribution in [-0.4, -0.2) is 42.8 Å². The van der Waals surface area contributed by atoms with E-state index in [4.69, 9.17) is 21.1 Å². The molecule has 1 aliphatic heterocycles. The highest BCUT2D eigenvalue weighted by molar-refractivity contribution is 6.18. The Hall–Kier alpha value is -2.93. The van der Waals surface area contributed by atoms with Gasteiger partial charge in [-0.1, -0.05) is 0 Å². The summed E-state index contributed by atoms with van der Waals surface area (Å²) in [5.74, 6) is -1.66. The summed E-state index contributed by atoms with van der Waals surface area (Å²) < 4.78 is 24.0. The first kappa shape index (κ1) is 22.7. The molecule has 1 heterocycles. The number of esters is 1. The molecule has 1 aliphatic rings. The smallest absolute Gasteiger partial charge is 0.312 e. The Morgan fingerprint density at radius 2 is 1.84 bits per heavy atom. The Balaban J connectivity index is 1.66. The van der Waals surface area contributed by atoms with Gasteiger partial charge < -0.3 is 14.4 Å². The number of ether oxygens (including phenoxy) is 2. The molecule has 164 valence electrons. The number of hydrogen-bond acceptors (Lipinski definition) is 5. The largest absolute Gasteiger partial charge is 0.494 e. The Kier molecular flexibility index (Phi) is 7.63. The van der Waals surface area contributed by atoms with Gasteiger partial charge in [-0.25, -0.2) is 4.39 Å². The van der Waals surface area contributed by atoms with Crippen LogP contribution in [-0.2, 0) is 14.3 Å². The number of amides is 1. The van der Waals surface area contributed by atoms with E-state index in [9.17, 15) is 18.8 Å². The van der Waals surface area contributed by atoms with Gasteiger partial charge in [-0.3, -0.25) is 14.4 Å². The van der Waals surface area contributed by atoms with Crippen molar-refractivity contribution in [3.8, 4) is 5.75 Å². The minimum Gasteiger partial charge on any atom is -0.494 e. The normalized spacial score (nSPS) is 16.8. The fraction of sp³-hybridized carbons (Fsp3) is 0.348. The van der Waals surface area contributed by atoms with Crippen molar-refractivity contribution >= 4 is 34.9 Å². The molecule has 1 saturated heterocycles. The van der Waals surface area contributed by atoms with Crippen LogP contribution in [0.5, 0.6) is 5.75 Å². The Morgan fingerprint density at radius 3 is 2.45 bits per heavy atom. The van der Waals surface area contributed by atoms with E-state index >= 15 is 0 Å². The molecule has 2 aromatic carbocycles. The SMILES string of the molecule is CCOc1ccc(N2C[C@@H](C(=O)O[C@@H](CCCl)C(=O)c3ccc(F)cc3)CC2=O)cc1. The van der Waals surface area contributed by atoms with E-state index in [0.717, 1.165) is 12.1 Å². The molecule has 0 aliphatic carbocycles. The maximum atomic E-state index is 13.1. The predicted molar refractivity (Wildman–Crippen MR) is 114 cm³/mol. The van der Waals surface area contributed by atoms with Crippen LogP contribution in [0.4, 0.5) is 10.1 Å². The number of alkyl halides is 1. The standard InChI is InChI=1S/C23H23ClFNO5/c1-2-30-19-9-7-18(8-10-19)26-14-16(13-21(26)27)23(29)31-20(11-12-24)22(28)15-3-5-17(25)6-4-15/h3-10,16,20H,2,11-14H2,1H3/t16-,20-/m0/s1. The van der Waals surface area contributed by atoms with Crippen molar-refractivity contribution in [3.05, 3.63) is 59.9 Å². The van der Waals surface area contributed by atoms with Crippen molar-refractivity contribution in [2.75, 3.05) is 23.9 Å². The molecule has 0 unspecified atom stereocenters. The predicted octanol–water partition coefficient (Wildman–Crippen LogP) is 4.00. The van der Waals surface area contributed by atoms with Gasteiger partial charge in [-0.15, -0.1) is 11.6 Å². The van der Waals surface area contributed by atoms with Crippen LogP contribution in [0.2, 0.25) is 0 Å². The first-order valence-corrected chi connectivity index (χ1v) is 10.6. The molecule has 1 fully saturated rings. The van der Waals surface area contributed by atoms with Gasteiger partial charge in [0.25, 0.3) is 0 Å². The zero-order valence-electron chi connectivity index (χ0n) is 17.1. The zero-order valence-corrected chi connectivity index (χ0v) is 17.8. The van der Waals surface area contributed by atoms with Gasteiger partial charge in [0, 0.05) is 36.5 Å². The second-order valence-corrected chi connectivity index (χ2v) is 7.48. The van der Waals surface area contributed by atoms with Crippen LogP contribution in [0.3, 0.4) is 0 Å². The molecule has 1 amide bonds. The molecular formula is C23H23ClFNO5. The Labute approximate surface area is 184 Å². The number of halogens is 2. The van der Waals surface area contributed by atoms with Gasteiger partial charge >= 0.3 is 5.97 Å². The summed E-state index contributed by atoms with van der Waals surface area (Å²) >= 11 is 5.78. The van der Waals surface area contributed by atoms with E-state index in [-0.39, 0.29) is 36.7 Å². The molecule has 0 saturated carbocycles. The Bertz CT molecular complexity index is 932. The van der Waals surface area contributed by atoms with Crippen molar-refractivity contribution in [1.82, 2.24) is 0 Å². The molecule has 6 nitrogen and oxygen atoms in total. The van der Waals surface area contributed by atoms with Gasteiger partial charge in [0.1, 0.15) is 11.6 Å². The van der Waals surface area contributed by atoms with Crippen LogP contribution < -0.4 is 9.64 Å². The van der Waals surface area contributed by atoms with E-state index < -0.39 is 29.6 Å². The first-order valence-electron chi connectivity index (χ1n) is 10.0. The molecule has 8 heteroatoms. The quantitative estimate of drug-likeness (QED) is 0.330. The lowest BCUT2D eigenvalue weighted by Crippen LogP contribution is -2.32. The number of carbonyl (C=O) groups is 3. The van der Waals surface area contributed by atoms with Gasteiger partial charge in [-0.2, -0.15) is 0 Å². The molecule has 31 heavy (non-hydrogen) atoms. The number of benzene rings is 2. The maximum absolute atomic E-state index is 13.1. The van der Waals surface area contributed by atoms with E-state index in [1.807, 2.05) is 6.92 Å². The zero-order chi connectivity index (χ0) is 22.4. The summed E-state index contributed by atoms with van der Waals surface area (Å²) in [6.45, 7) is 2.58. The minimum atomic E-state index is -1.09. The molecule has 0 spiro atoms. The summed E-state index contributed by atoms with van der Waals surface area (Å²) in [4.78, 5) is 39.4. The average Bonchev–Trinajstić information content (AvgIpc) is 3.16. The van der Waals surface area contributed by atoms with Crippen LogP contribution in [0, 0.1) is 11.7 Å². The number of anilines is 1. The van der Waals surface area contributed by atoms with E-state index in [0.29, 0.717) is 18.0 Å².